The number of amides is 1. The Morgan fingerprint density at radius 2 is 2.24 bits per heavy atom. The number of imidazole rings is 1. The highest BCUT2D eigenvalue weighted by atomic mass is 19.4. The van der Waals surface area contributed by atoms with E-state index in [1.807, 2.05) is 0 Å². The van der Waals surface area contributed by atoms with Crippen LogP contribution in [0.15, 0.2) is 12.4 Å². The predicted octanol–water partition coefficient (Wildman–Crippen LogP) is 1.44. The third-order valence-electron chi connectivity index (χ3n) is 3.87. The van der Waals surface area contributed by atoms with E-state index in [-0.39, 0.29) is 30.1 Å². The first-order valence-corrected chi connectivity index (χ1v) is 6.95. The third kappa shape index (κ3) is 4.20. The van der Waals surface area contributed by atoms with Gasteiger partial charge in [0.15, 0.2) is 0 Å². The van der Waals surface area contributed by atoms with Gasteiger partial charge in [0, 0.05) is 18.3 Å². The fraction of sp³-hybridized carbons (Fsp3) is 0.692. The van der Waals surface area contributed by atoms with Crippen LogP contribution < -0.4 is 11.1 Å². The molecular formula is C13H19F3N4O. The van der Waals surface area contributed by atoms with E-state index in [1.165, 1.54) is 12.4 Å². The summed E-state index contributed by atoms with van der Waals surface area (Å²) in [4.78, 5) is 15.9. The van der Waals surface area contributed by atoms with Crippen molar-refractivity contribution >= 4 is 5.91 Å². The fourth-order valence-electron chi connectivity index (χ4n) is 2.81. The number of hydrogen-bond donors (Lipinski definition) is 2. The van der Waals surface area contributed by atoms with Crippen molar-refractivity contribution in [3.63, 3.8) is 0 Å². The van der Waals surface area contributed by atoms with Crippen LogP contribution in [0, 0.1) is 11.8 Å². The number of alkyl halides is 3. The smallest absolute Gasteiger partial charge is 0.349 e. The Balaban J connectivity index is 1.91. The lowest BCUT2D eigenvalue weighted by atomic mass is 9.95. The van der Waals surface area contributed by atoms with E-state index in [4.69, 9.17) is 5.73 Å². The highest BCUT2D eigenvalue weighted by molar-refractivity contribution is 5.79. The Kier molecular flexibility index (Phi) is 4.87. The molecule has 118 valence electrons. The number of nitrogens with zero attached hydrogens (tertiary/aromatic N) is 2. The maximum absolute atomic E-state index is 12.4. The summed E-state index contributed by atoms with van der Waals surface area (Å²) in [5.74, 6) is 0.0772. The van der Waals surface area contributed by atoms with Crippen molar-refractivity contribution in [1.29, 1.82) is 0 Å². The van der Waals surface area contributed by atoms with Crippen LogP contribution in [0.25, 0.3) is 0 Å². The molecular weight excluding hydrogens is 285 g/mol. The minimum absolute atomic E-state index is 0.00426. The Bertz CT molecular complexity index is 486. The summed E-state index contributed by atoms with van der Waals surface area (Å²) < 4.78 is 38.2. The van der Waals surface area contributed by atoms with Crippen molar-refractivity contribution in [1.82, 2.24) is 14.9 Å². The van der Waals surface area contributed by atoms with Crippen LogP contribution in [0.5, 0.6) is 0 Å². The molecule has 3 N–H and O–H groups in total. The molecule has 1 aliphatic rings. The summed E-state index contributed by atoms with van der Waals surface area (Å²) in [6.45, 7) is -0.649. The molecule has 5 nitrogen and oxygen atoms in total. The van der Waals surface area contributed by atoms with E-state index >= 15 is 0 Å². The minimum atomic E-state index is -4.31. The first kappa shape index (κ1) is 15.8. The highest BCUT2D eigenvalue weighted by Crippen LogP contribution is 2.31. The second kappa shape index (κ2) is 6.46. The molecule has 0 saturated heterocycles. The molecule has 0 aromatic carbocycles. The van der Waals surface area contributed by atoms with Gasteiger partial charge in [-0.3, -0.25) is 4.79 Å². The van der Waals surface area contributed by atoms with Crippen LogP contribution >= 0.6 is 0 Å². The van der Waals surface area contributed by atoms with E-state index in [0.717, 1.165) is 23.8 Å². The number of nitrogens with two attached hydrogens (primary N) is 1. The molecule has 1 saturated carbocycles. The summed E-state index contributed by atoms with van der Waals surface area (Å²) in [5, 5.41) is 2.67. The average molecular weight is 304 g/mol. The van der Waals surface area contributed by atoms with Gasteiger partial charge in [0.1, 0.15) is 12.4 Å². The molecule has 21 heavy (non-hydrogen) atoms. The third-order valence-corrected chi connectivity index (χ3v) is 3.87. The van der Waals surface area contributed by atoms with Crippen molar-refractivity contribution in [2.75, 3.05) is 6.54 Å². The van der Waals surface area contributed by atoms with Crippen molar-refractivity contribution in [3.8, 4) is 0 Å². The first-order chi connectivity index (χ1) is 9.90. The van der Waals surface area contributed by atoms with E-state index in [2.05, 4.69) is 10.3 Å². The molecule has 1 heterocycles. The van der Waals surface area contributed by atoms with Crippen LogP contribution in [0.3, 0.4) is 0 Å². The number of nitrogens with one attached hydrogen (secondary N) is 1. The number of aromatic nitrogens is 2. The molecule has 0 spiro atoms. The topological polar surface area (TPSA) is 72.9 Å². The van der Waals surface area contributed by atoms with E-state index < -0.39 is 12.7 Å². The van der Waals surface area contributed by atoms with Crippen molar-refractivity contribution in [2.24, 2.45) is 17.6 Å². The number of hydrogen-bond acceptors (Lipinski definition) is 3. The van der Waals surface area contributed by atoms with E-state index in [0.29, 0.717) is 6.54 Å². The summed E-state index contributed by atoms with van der Waals surface area (Å²) in [5.41, 5.74) is 5.62. The van der Waals surface area contributed by atoms with Crippen LogP contribution in [-0.4, -0.2) is 28.2 Å². The normalized spacial score (nSPS) is 22.5. The van der Waals surface area contributed by atoms with Crippen LogP contribution in [0.4, 0.5) is 13.2 Å². The quantitative estimate of drug-likeness (QED) is 0.864. The first-order valence-electron chi connectivity index (χ1n) is 6.95. The van der Waals surface area contributed by atoms with Crippen molar-refractivity contribution in [3.05, 3.63) is 18.2 Å². The molecule has 1 amide bonds. The maximum Gasteiger partial charge on any atom is 0.406 e. The second-order valence-electron chi connectivity index (χ2n) is 5.34. The molecule has 2 atom stereocenters. The molecule has 1 aromatic rings. The Morgan fingerprint density at radius 3 is 2.90 bits per heavy atom. The number of rotatable bonds is 5. The Morgan fingerprint density at radius 1 is 1.48 bits per heavy atom. The summed E-state index contributed by atoms with van der Waals surface area (Å²) in [6, 6.07) is 0. The molecule has 0 aliphatic heterocycles. The van der Waals surface area contributed by atoms with Crippen LogP contribution in [-0.2, 0) is 17.9 Å². The van der Waals surface area contributed by atoms with Gasteiger partial charge in [0.05, 0.1) is 6.54 Å². The van der Waals surface area contributed by atoms with E-state index in [9.17, 15) is 18.0 Å². The maximum atomic E-state index is 12.4. The van der Waals surface area contributed by atoms with Gasteiger partial charge in [-0.15, -0.1) is 0 Å². The average Bonchev–Trinajstić information content (AvgIpc) is 3.02. The van der Waals surface area contributed by atoms with Crippen molar-refractivity contribution < 1.29 is 18.0 Å². The van der Waals surface area contributed by atoms with Gasteiger partial charge in [-0.05, 0) is 25.3 Å². The van der Waals surface area contributed by atoms with Gasteiger partial charge in [-0.2, -0.15) is 13.2 Å². The molecule has 1 aliphatic carbocycles. The molecule has 0 bridgehead atoms. The van der Waals surface area contributed by atoms with Crippen LogP contribution in [0.1, 0.15) is 25.1 Å². The summed E-state index contributed by atoms with van der Waals surface area (Å²) in [7, 11) is 0. The monoisotopic (exact) mass is 304 g/mol. The molecule has 0 unspecified atom stereocenters. The number of carbonyl (C=O) groups is 1. The number of carbonyl (C=O) groups excluding carboxylic acids is 1. The molecule has 1 aromatic heterocycles. The van der Waals surface area contributed by atoms with Gasteiger partial charge >= 0.3 is 6.18 Å². The standard InChI is InChI=1S/C13H19F3N4O/c14-13(15,16)8-20-5-4-18-11(20)7-19-12(21)10-3-1-2-9(10)6-17/h4-5,9-10H,1-3,6-8,17H2,(H,19,21)/t9-,10-/m1/s1. The predicted molar refractivity (Wildman–Crippen MR) is 70.0 cm³/mol. The molecule has 8 heteroatoms. The summed E-state index contributed by atoms with van der Waals surface area (Å²) in [6.07, 6.45) is 0.916. The number of halogens is 3. The van der Waals surface area contributed by atoms with Crippen LogP contribution in [0.2, 0.25) is 0 Å². The van der Waals surface area contributed by atoms with Gasteiger partial charge in [0.25, 0.3) is 0 Å². The molecule has 1 fully saturated rings. The SMILES string of the molecule is NC[C@H]1CCC[C@H]1C(=O)NCc1nccn1CC(F)(F)F. The lowest BCUT2D eigenvalue weighted by Gasteiger charge is -2.17. The zero-order valence-electron chi connectivity index (χ0n) is 11.6. The second-order valence-corrected chi connectivity index (χ2v) is 5.34. The minimum Gasteiger partial charge on any atom is -0.349 e. The Hall–Kier alpha value is -1.57. The van der Waals surface area contributed by atoms with E-state index in [1.54, 1.807) is 0 Å². The van der Waals surface area contributed by atoms with Gasteiger partial charge in [-0.1, -0.05) is 6.42 Å². The lowest BCUT2D eigenvalue weighted by Crippen LogP contribution is -2.35. The Labute approximate surface area is 120 Å². The zero-order chi connectivity index (χ0) is 15.5. The zero-order valence-corrected chi connectivity index (χ0v) is 11.6. The van der Waals surface area contributed by atoms with Gasteiger partial charge in [0.2, 0.25) is 5.91 Å². The van der Waals surface area contributed by atoms with Gasteiger partial charge < -0.3 is 15.6 Å². The molecule has 0 radical (unpaired) electrons. The van der Waals surface area contributed by atoms with Crippen molar-refractivity contribution in [2.45, 2.75) is 38.5 Å². The largest absolute Gasteiger partial charge is 0.406 e. The lowest BCUT2D eigenvalue weighted by molar-refractivity contribution is -0.141. The van der Waals surface area contributed by atoms with Gasteiger partial charge in [-0.25, -0.2) is 4.98 Å². The molecule has 2 rings (SSSR count). The fourth-order valence-corrected chi connectivity index (χ4v) is 2.81. The summed E-state index contributed by atoms with van der Waals surface area (Å²) >= 11 is 0. The highest BCUT2D eigenvalue weighted by Gasteiger charge is 2.32.